The maximum Gasteiger partial charge on any atom is 0.239 e. The Morgan fingerprint density at radius 2 is 2.06 bits per heavy atom. The van der Waals surface area contributed by atoms with Crippen molar-refractivity contribution in [1.82, 2.24) is 4.98 Å². The molecule has 1 heterocycles. The smallest absolute Gasteiger partial charge is 0.239 e. The Balaban J connectivity index is 2.76. The van der Waals surface area contributed by atoms with Crippen molar-refractivity contribution in [3.63, 3.8) is 0 Å². The third-order valence-electron chi connectivity index (χ3n) is 2.26. The average Bonchev–Trinajstić information content (AvgIpc) is 2.39. The van der Waals surface area contributed by atoms with Gasteiger partial charge in [-0.2, -0.15) is 0 Å². The number of nitrogens with zero attached hydrogens (tertiary/aromatic N) is 2. The molecule has 0 atom stereocenters. The van der Waals surface area contributed by atoms with Gasteiger partial charge in [0.15, 0.2) is 0 Å². The second-order valence-electron chi connectivity index (χ2n) is 3.64. The van der Waals surface area contributed by atoms with Crippen LogP contribution in [0.3, 0.4) is 0 Å². The molecule has 0 fully saturated rings. The minimum Gasteiger partial charge on any atom is -0.363 e. The van der Waals surface area contributed by atoms with E-state index < -0.39 is 0 Å². The summed E-state index contributed by atoms with van der Waals surface area (Å²) in [6, 6.07) is 3.62. The molecule has 1 amide bonds. The highest BCUT2D eigenvalue weighted by Gasteiger charge is 2.04. The van der Waals surface area contributed by atoms with Gasteiger partial charge in [-0.15, -0.1) is 13.2 Å². The summed E-state index contributed by atoms with van der Waals surface area (Å²) >= 11 is 0. The number of amides is 1. The normalized spacial score (nSPS) is 9.61. The van der Waals surface area contributed by atoms with E-state index >= 15 is 0 Å². The maximum atomic E-state index is 11.1. The largest absolute Gasteiger partial charge is 0.363 e. The number of anilines is 2. The number of carbonyl (C=O) groups is 1. The average molecular weight is 246 g/mol. The molecule has 1 aromatic rings. The summed E-state index contributed by atoms with van der Waals surface area (Å²) in [7, 11) is 0. The Bertz CT molecular complexity index is 404. The van der Waals surface area contributed by atoms with Crippen molar-refractivity contribution in [3.8, 4) is 0 Å². The minimum atomic E-state index is -0.260. The van der Waals surface area contributed by atoms with Crippen LogP contribution < -0.4 is 16.0 Å². The maximum absolute atomic E-state index is 11.1. The van der Waals surface area contributed by atoms with Gasteiger partial charge in [-0.25, -0.2) is 4.98 Å². The van der Waals surface area contributed by atoms with E-state index in [0.717, 1.165) is 5.69 Å². The lowest BCUT2D eigenvalue weighted by atomic mass is 10.3. The van der Waals surface area contributed by atoms with Gasteiger partial charge in [0, 0.05) is 13.1 Å². The van der Waals surface area contributed by atoms with Crippen LogP contribution in [0.25, 0.3) is 0 Å². The van der Waals surface area contributed by atoms with Crippen molar-refractivity contribution in [2.24, 2.45) is 5.73 Å². The van der Waals surface area contributed by atoms with Crippen molar-refractivity contribution in [3.05, 3.63) is 43.6 Å². The first-order valence-corrected chi connectivity index (χ1v) is 5.64. The molecule has 0 aromatic carbocycles. The van der Waals surface area contributed by atoms with Gasteiger partial charge >= 0.3 is 0 Å². The van der Waals surface area contributed by atoms with E-state index in [2.05, 4.69) is 28.4 Å². The highest BCUT2D eigenvalue weighted by Crippen LogP contribution is 2.15. The van der Waals surface area contributed by atoms with E-state index in [4.69, 9.17) is 5.73 Å². The highest BCUT2D eigenvalue weighted by molar-refractivity contribution is 5.91. The molecule has 0 saturated heterocycles. The third kappa shape index (κ3) is 4.03. The molecule has 0 aliphatic rings. The quantitative estimate of drug-likeness (QED) is 0.708. The zero-order valence-electron chi connectivity index (χ0n) is 10.3. The number of nitrogens with one attached hydrogen (secondary N) is 1. The van der Waals surface area contributed by atoms with E-state index in [1.165, 1.54) is 0 Å². The number of hydrogen-bond donors (Lipinski definition) is 2. The lowest BCUT2D eigenvalue weighted by Crippen LogP contribution is -2.24. The van der Waals surface area contributed by atoms with Crippen LogP contribution in [0.5, 0.6) is 0 Å². The first-order chi connectivity index (χ1) is 8.71. The van der Waals surface area contributed by atoms with Crippen molar-refractivity contribution in [1.29, 1.82) is 0 Å². The topological polar surface area (TPSA) is 71.2 Å². The molecule has 0 spiro atoms. The zero-order chi connectivity index (χ0) is 13.4. The van der Waals surface area contributed by atoms with Crippen molar-refractivity contribution < 1.29 is 4.79 Å². The fraction of sp³-hybridized carbons (Fsp3) is 0.231. The standard InChI is InChI=1S/C13H18N4O/c1-3-7-17(8-4-2)11-5-6-12(15-10-11)16-13(18)9-14/h3-6,10H,1-2,7-9,14H2,(H,15,16,18). The molecule has 0 aliphatic heterocycles. The van der Waals surface area contributed by atoms with E-state index in [1.54, 1.807) is 12.3 Å². The molecule has 1 rings (SSSR count). The predicted molar refractivity (Wildman–Crippen MR) is 74.5 cm³/mol. The predicted octanol–water partition coefficient (Wildman–Crippen LogP) is 1.16. The van der Waals surface area contributed by atoms with Gasteiger partial charge < -0.3 is 16.0 Å². The summed E-state index contributed by atoms with van der Waals surface area (Å²) in [4.78, 5) is 17.3. The van der Waals surface area contributed by atoms with Gasteiger partial charge in [0.1, 0.15) is 5.82 Å². The molecule has 0 radical (unpaired) electrons. The van der Waals surface area contributed by atoms with Crippen LogP contribution in [0.2, 0.25) is 0 Å². The second-order valence-corrected chi connectivity index (χ2v) is 3.64. The number of hydrogen-bond acceptors (Lipinski definition) is 4. The number of aromatic nitrogens is 1. The van der Waals surface area contributed by atoms with E-state index in [9.17, 15) is 4.79 Å². The Labute approximate surface area is 107 Å². The SMILES string of the molecule is C=CCN(CC=C)c1ccc(NC(=O)CN)nc1. The van der Waals surface area contributed by atoms with Crippen LogP contribution in [0.1, 0.15) is 0 Å². The van der Waals surface area contributed by atoms with Crippen molar-refractivity contribution >= 4 is 17.4 Å². The molecule has 3 N–H and O–H groups in total. The van der Waals surface area contributed by atoms with Gasteiger partial charge in [-0.1, -0.05) is 12.2 Å². The fourth-order valence-corrected chi connectivity index (χ4v) is 1.44. The van der Waals surface area contributed by atoms with Crippen molar-refractivity contribution in [2.75, 3.05) is 29.9 Å². The Morgan fingerprint density at radius 1 is 1.39 bits per heavy atom. The molecule has 1 aromatic heterocycles. The molecule has 0 saturated carbocycles. The molecule has 5 heteroatoms. The molecule has 0 aliphatic carbocycles. The van der Waals surface area contributed by atoms with Crippen molar-refractivity contribution in [2.45, 2.75) is 0 Å². The van der Waals surface area contributed by atoms with Gasteiger partial charge in [-0.05, 0) is 12.1 Å². The van der Waals surface area contributed by atoms with Gasteiger partial charge in [-0.3, -0.25) is 4.79 Å². The first-order valence-electron chi connectivity index (χ1n) is 5.64. The van der Waals surface area contributed by atoms with Crippen LogP contribution in [-0.4, -0.2) is 30.5 Å². The highest BCUT2D eigenvalue weighted by atomic mass is 16.1. The molecule has 0 bridgehead atoms. The second kappa shape index (κ2) is 7.24. The lowest BCUT2D eigenvalue weighted by Gasteiger charge is -2.21. The van der Waals surface area contributed by atoms with Crippen LogP contribution in [0.4, 0.5) is 11.5 Å². The number of nitrogens with two attached hydrogens (primary N) is 1. The van der Waals surface area contributed by atoms with E-state index in [-0.39, 0.29) is 12.5 Å². The van der Waals surface area contributed by atoms with E-state index in [0.29, 0.717) is 18.9 Å². The fourth-order valence-electron chi connectivity index (χ4n) is 1.44. The molecular weight excluding hydrogens is 228 g/mol. The number of carbonyl (C=O) groups excluding carboxylic acids is 1. The lowest BCUT2D eigenvalue weighted by molar-refractivity contribution is -0.114. The summed E-state index contributed by atoms with van der Waals surface area (Å²) in [6.07, 6.45) is 5.32. The van der Waals surface area contributed by atoms with Gasteiger partial charge in [0.25, 0.3) is 0 Å². The van der Waals surface area contributed by atoms with Crippen LogP contribution >= 0.6 is 0 Å². The van der Waals surface area contributed by atoms with E-state index in [1.807, 2.05) is 18.2 Å². The Hall–Kier alpha value is -2.14. The minimum absolute atomic E-state index is 0.0531. The molecule has 18 heavy (non-hydrogen) atoms. The van der Waals surface area contributed by atoms with Gasteiger partial charge in [0.2, 0.25) is 5.91 Å². The van der Waals surface area contributed by atoms with Crippen LogP contribution in [-0.2, 0) is 4.79 Å². The van der Waals surface area contributed by atoms with Crippen LogP contribution in [0, 0.1) is 0 Å². The summed E-state index contributed by atoms with van der Waals surface area (Å²) in [5.41, 5.74) is 6.15. The molecule has 96 valence electrons. The first kappa shape index (κ1) is 13.9. The molecular formula is C13H18N4O. The Kier molecular flexibility index (Phi) is 5.60. The summed E-state index contributed by atoms with van der Waals surface area (Å²) in [5, 5.41) is 2.59. The number of pyridine rings is 1. The molecule has 0 unspecified atom stereocenters. The summed E-state index contributed by atoms with van der Waals surface area (Å²) < 4.78 is 0. The van der Waals surface area contributed by atoms with Gasteiger partial charge in [0.05, 0.1) is 18.4 Å². The number of rotatable bonds is 7. The van der Waals surface area contributed by atoms with Crippen LogP contribution in [0.15, 0.2) is 43.6 Å². The Morgan fingerprint density at radius 3 is 2.50 bits per heavy atom. The zero-order valence-corrected chi connectivity index (χ0v) is 10.3. The third-order valence-corrected chi connectivity index (χ3v) is 2.26. The molecule has 5 nitrogen and oxygen atoms in total. The monoisotopic (exact) mass is 246 g/mol. The summed E-state index contributed by atoms with van der Waals surface area (Å²) in [6.45, 7) is 8.79. The summed E-state index contributed by atoms with van der Waals surface area (Å²) in [5.74, 6) is 0.232.